The molecule has 0 radical (unpaired) electrons. The molecule has 1 rings (SSSR count). The van der Waals surface area contributed by atoms with Crippen LogP contribution in [0.1, 0.15) is 33.6 Å². The van der Waals surface area contributed by atoms with Crippen LogP contribution in [0.25, 0.3) is 0 Å². The van der Waals surface area contributed by atoms with Crippen LogP contribution in [0.4, 0.5) is 0 Å². The van der Waals surface area contributed by atoms with Crippen molar-refractivity contribution in [2.75, 3.05) is 0 Å². The Bertz CT molecular complexity index is 300. The molecule has 3 atom stereocenters. The summed E-state index contributed by atoms with van der Waals surface area (Å²) in [7, 11) is 0. The van der Waals surface area contributed by atoms with E-state index in [4.69, 9.17) is 0 Å². The van der Waals surface area contributed by atoms with Crippen LogP contribution in [0.5, 0.6) is 0 Å². The van der Waals surface area contributed by atoms with Crippen molar-refractivity contribution >= 4 is 5.78 Å². The molecule has 1 fully saturated rings. The average Bonchev–Trinajstić information content (AvgIpc) is 2.37. The van der Waals surface area contributed by atoms with Crippen LogP contribution in [0.15, 0.2) is 24.3 Å². The molecular weight excluding hydrogens is 188 g/mol. The molecular formula is C13H20O2. The highest BCUT2D eigenvalue weighted by Crippen LogP contribution is 2.43. The van der Waals surface area contributed by atoms with Gasteiger partial charge in [0, 0.05) is 5.92 Å². The van der Waals surface area contributed by atoms with Crippen molar-refractivity contribution in [3.05, 3.63) is 24.3 Å². The first-order valence-corrected chi connectivity index (χ1v) is 5.41. The maximum atomic E-state index is 10.9. The Kier molecular flexibility index (Phi) is 3.50. The zero-order valence-electron chi connectivity index (χ0n) is 9.79. The van der Waals surface area contributed by atoms with Crippen LogP contribution >= 0.6 is 0 Å². The van der Waals surface area contributed by atoms with Crippen molar-refractivity contribution in [2.24, 2.45) is 11.8 Å². The number of hydrogen-bond donors (Lipinski definition) is 1. The number of carbonyl (C=O) groups excluding carboxylic acids is 1. The molecule has 0 spiro atoms. The smallest absolute Gasteiger partial charge is 0.152 e. The number of aliphatic hydroxyl groups is 1. The zero-order valence-corrected chi connectivity index (χ0v) is 9.79. The number of ketones is 1. The van der Waals surface area contributed by atoms with E-state index < -0.39 is 5.60 Å². The van der Waals surface area contributed by atoms with Crippen LogP contribution in [-0.2, 0) is 4.79 Å². The topological polar surface area (TPSA) is 37.3 Å². The first-order chi connectivity index (χ1) is 6.84. The summed E-state index contributed by atoms with van der Waals surface area (Å²) in [5.74, 6) is 0.354. The maximum Gasteiger partial charge on any atom is 0.152 e. The molecule has 0 unspecified atom stereocenters. The third-order valence-electron chi connectivity index (χ3n) is 3.28. The van der Waals surface area contributed by atoms with Gasteiger partial charge in [0.2, 0.25) is 0 Å². The van der Waals surface area contributed by atoms with Gasteiger partial charge in [-0.2, -0.15) is 0 Å². The van der Waals surface area contributed by atoms with Gasteiger partial charge in [-0.3, -0.25) is 4.79 Å². The molecule has 0 aromatic carbocycles. The van der Waals surface area contributed by atoms with Gasteiger partial charge in [0.1, 0.15) is 0 Å². The van der Waals surface area contributed by atoms with E-state index in [9.17, 15) is 9.90 Å². The van der Waals surface area contributed by atoms with Gasteiger partial charge in [0.05, 0.1) is 5.60 Å². The molecule has 2 heteroatoms. The molecule has 84 valence electrons. The molecule has 0 heterocycles. The van der Waals surface area contributed by atoms with Crippen molar-refractivity contribution in [3.8, 4) is 0 Å². The van der Waals surface area contributed by atoms with Gasteiger partial charge in [-0.05, 0) is 45.6 Å². The van der Waals surface area contributed by atoms with Crippen LogP contribution < -0.4 is 0 Å². The second-order valence-corrected chi connectivity index (χ2v) is 4.84. The zero-order chi connectivity index (χ0) is 11.6. The van der Waals surface area contributed by atoms with Crippen LogP contribution in [-0.4, -0.2) is 16.5 Å². The quantitative estimate of drug-likeness (QED) is 0.571. The van der Waals surface area contributed by atoms with E-state index in [1.807, 2.05) is 19.9 Å². The summed E-state index contributed by atoms with van der Waals surface area (Å²) in [5.41, 5.74) is 0.390. The van der Waals surface area contributed by atoms with E-state index in [2.05, 4.69) is 6.58 Å². The molecule has 1 aliphatic rings. The molecule has 0 saturated heterocycles. The second kappa shape index (κ2) is 4.31. The summed E-state index contributed by atoms with van der Waals surface area (Å²) < 4.78 is 0. The highest BCUT2D eigenvalue weighted by Gasteiger charge is 2.42. The Morgan fingerprint density at radius 3 is 2.60 bits per heavy atom. The van der Waals surface area contributed by atoms with Gasteiger partial charge in [-0.25, -0.2) is 0 Å². The molecule has 0 amide bonds. The first-order valence-electron chi connectivity index (χ1n) is 5.41. The van der Waals surface area contributed by atoms with Crippen molar-refractivity contribution < 1.29 is 9.90 Å². The minimum absolute atomic E-state index is 0.0261. The highest BCUT2D eigenvalue weighted by molar-refractivity contribution is 5.87. The molecule has 1 aliphatic carbocycles. The first kappa shape index (κ1) is 12.2. The van der Waals surface area contributed by atoms with Gasteiger partial charge >= 0.3 is 0 Å². The molecule has 0 aromatic heterocycles. The Morgan fingerprint density at radius 2 is 2.13 bits per heavy atom. The van der Waals surface area contributed by atoms with Crippen LogP contribution in [0, 0.1) is 11.8 Å². The average molecular weight is 208 g/mol. The lowest BCUT2D eigenvalue weighted by atomic mass is 9.83. The summed E-state index contributed by atoms with van der Waals surface area (Å²) in [6.45, 7) is 9.30. The largest absolute Gasteiger partial charge is 0.390 e. The monoisotopic (exact) mass is 208 g/mol. The minimum Gasteiger partial charge on any atom is -0.390 e. The Balaban J connectivity index is 2.87. The van der Waals surface area contributed by atoms with E-state index in [0.717, 1.165) is 18.4 Å². The Labute approximate surface area is 91.7 Å². The molecule has 15 heavy (non-hydrogen) atoms. The van der Waals surface area contributed by atoms with E-state index >= 15 is 0 Å². The number of rotatable bonds is 3. The fourth-order valence-electron chi connectivity index (χ4n) is 2.36. The van der Waals surface area contributed by atoms with Crippen LogP contribution in [0.2, 0.25) is 0 Å². The maximum absolute atomic E-state index is 10.9. The van der Waals surface area contributed by atoms with Gasteiger partial charge < -0.3 is 5.11 Å². The Hall–Kier alpha value is -0.890. The lowest BCUT2D eigenvalue weighted by Gasteiger charge is -2.26. The molecule has 1 saturated carbocycles. The molecule has 2 nitrogen and oxygen atoms in total. The lowest BCUT2D eigenvalue weighted by Crippen LogP contribution is -2.30. The third kappa shape index (κ3) is 2.78. The number of hydrogen-bond acceptors (Lipinski definition) is 2. The summed E-state index contributed by atoms with van der Waals surface area (Å²) >= 11 is 0. The van der Waals surface area contributed by atoms with E-state index in [1.54, 1.807) is 6.08 Å². The number of allylic oxidation sites excluding steroid dienone is 2. The predicted molar refractivity (Wildman–Crippen MR) is 61.5 cm³/mol. The fraction of sp³-hybridized carbons (Fsp3) is 0.615. The fourth-order valence-corrected chi connectivity index (χ4v) is 2.36. The standard InChI is InChI=1S/C13H20O2/c1-9(2)11-7-8-13(4,15)12(11)6-5-10(3)14/h5-6,11-12,15H,1,7-8H2,2-4H3/b6-5+/t11-,12-,13-/m0/s1. The van der Waals surface area contributed by atoms with E-state index in [1.165, 1.54) is 6.92 Å². The third-order valence-corrected chi connectivity index (χ3v) is 3.28. The van der Waals surface area contributed by atoms with Crippen molar-refractivity contribution in [2.45, 2.75) is 39.2 Å². The second-order valence-electron chi connectivity index (χ2n) is 4.84. The predicted octanol–water partition coefficient (Wildman–Crippen LogP) is 2.48. The normalized spacial score (nSPS) is 36.0. The molecule has 1 N–H and O–H groups in total. The van der Waals surface area contributed by atoms with Crippen LogP contribution in [0.3, 0.4) is 0 Å². The van der Waals surface area contributed by atoms with Crippen molar-refractivity contribution in [1.82, 2.24) is 0 Å². The molecule has 0 aromatic rings. The minimum atomic E-state index is -0.699. The van der Waals surface area contributed by atoms with Gasteiger partial charge in [-0.15, -0.1) is 0 Å². The summed E-state index contributed by atoms with van der Waals surface area (Å²) in [4.78, 5) is 10.9. The Morgan fingerprint density at radius 1 is 1.53 bits per heavy atom. The van der Waals surface area contributed by atoms with Crippen molar-refractivity contribution in [3.63, 3.8) is 0 Å². The molecule has 0 aliphatic heterocycles. The molecule has 0 bridgehead atoms. The summed E-state index contributed by atoms with van der Waals surface area (Å²) in [5, 5.41) is 10.2. The summed E-state index contributed by atoms with van der Waals surface area (Å²) in [6, 6.07) is 0. The highest BCUT2D eigenvalue weighted by atomic mass is 16.3. The van der Waals surface area contributed by atoms with Gasteiger partial charge in [-0.1, -0.05) is 18.2 Å². The summed E-state index contributed by atoms with van der Waals surface area (Å²) in [6.07, 6.45) is 5.13. The van der Waals surface area contributed by atoms with Crippen molar-refractivity contribution in [1.29, 1.82) is 0 Å². The SMILES string of the molecule is C=C(C)[C@@H]1CC[C@](C)(O)[C@H]1/C=C/C(C)=O. The van der Waals surface area contributed by atoms with E-state index in [-0.39, 0.29) is 11.7 Å². The number of carbonyl (C=O) groups is 1. The van der Waals surface area contributed by atoms with Gasteiger partial charge in [0.15, 0.2) is 5.78 Å². The van der Waals surface area contributed by atoms with E-state index in [0.29, 0.717) is 5.92 Å². The van der Waals surface area contributed by atoms with Gasteiger partial charge in [0.25, 0.3) is 0 Å². The lowest BCUT2D eigenvalue weighted by molar-refractivity contribution is -0.112.